The van der Waals surface area contributed by atoms with E-state index in [0.29, 0.717) is 0 Å². The molecule has 0 aliphatic carbocycles. The van der Waals surface area contributed by atoms with Crippen LogP contribution in [0.1, 0.15) is 38.5 Å². The first-order chi connectivity index (χ1) is 9.36. The van der Waals surface area contributed by atoms with Crippen molar-refractivity contribution >= 4 is 17.1 Å². The average molecular weight is 259 g/mol. The number of anilines is 3. The molecule has 3 rings (SSSR count). The van der Waals surface area contributed by atoms with Gasteiger partial charge in [-0.05, 0) is 50.7 Å². The molecule has 2 N–H and O–H groups in total. The van der Waals surface area contributed by atoms with E-state index in [2.05, 4.69) is 28.0 Å². The zero-order valence-corrected chi connectivity index (χ0v) is 11.8. The van der Waals surface area contributed by atoms with Crippen molar-refractivity contribution in [2.45, 2.75) is 38.5 Å². The predicted molar refractivity (Wildman–Crippen MR) is 83.0 cm³/mol. The second-order valence-corrected chi connectivity index (χ2v) is 5.81. The van der Waals surface area contributed by atoms with Crippen molar-refractivity contribution in [1.29, 1.82) is 0 Å². The summed E-state index contributed by atoms with van der Waals surface area (Å²) in [7, 11) is 0. The molecule has 0 amide bonds. The van der Waals surface area contributed by atoms with Crippen LogP contribution in [-0.2, 0) is 0 Å². The Morgan fingerprint density at radius 2 is 1.11 bits per heavy atom. The monoisotopic (exact) mass is 259 g/mol. The first kappa shape index (κ1) is 12.6. The molecule has 0 spiro atoms. The molecule has 3 heteroatoms. The fourth-order valence-corrected chi connectivity index (χ4v) is 3.36. The molecule has 104 valence electrons. The van der Waals surface area contributed by atoms with E-state index in [0.717, 1.165) is 31.9 Å². The topological polar surface area (TPSA) is 32.5 Å². The maximum Gasteiger partial charge on any atom is 0.0789 e. The van der Waals surface area contributed by atoms with Crippen LogP contribution in [0.5, 0.6) is 0 Å². The fraction of sp³-hybridized carbons (Fsp3) is 0.625. The number of piperidine rings is 2. The van der Waals surface area contributed by atoms with Crippen LogP contribution < -0.4 is 15.5 Å². The Kier molecular flexibility index (Phi) is 3.81. The highest BCUT2D eigenvalue weighted by atomic mass is 15.2. The smallest absolute Gasteiger partial charge is 0.0789 e. The summed E-state index contributed by atoms with van der Waals surface area (Å²) >= 11 is 0. The van der Waals surface area contributed by atoms with Crippen molar-refractivity contribution in [2.75, 3.05) is 41.7 Å². The third-order valence-corrected chi connectivity index (χ3v) is 4.45. The van der Waals surface area contributed by atoms with E-state index in [-0.39, 0.29) is 0 Å². The summed E-state index contributed by atoms with van der Waals surface area (Å²) in [6, 6.07) is 6.55. The largest absolute Gasteiger partial charge is 0.395 e. The third-order valence-electron chi connectivity index (χ3n) is 4.45. The van der Waals surface area contributed by atoms with E-state index in [1.54, 1.807) is 0 Å². The first-order valence-electron chi connectivity index (χ1n) is 7.74. The second-order valence-electron chi connectivity index (χ2n) is 5.81. The lowest BCUT2D eigenvalue weighted by atomic mass is 10.1. The zero-order valence-electron chi connectivity index (χ0n) is 11.8. The van der Waals surface area contributed by atoms with Crippen molar-refractivity contribution in [2.24, 2.45) is 0 Å². The van der Waals surface area contributed by atoms with Crippen molar-refractivity contribution in [3.63, 3.8) is 0 Å². The molecule has 19 heavy (non-hydrogen) atoms. The Labute approximate surface area is 116 Å². The van der Waals surface area contributed by atoms with Gasteiger partial charge in [0.1, 0.15) is 0 Å². The molecule has 0 bridgehead atoms. The van der Waals surface area contributed by atoms with Crippen LogP contribution in [0.25, 0.3) is 0 Å². The summed E-state index contributed by atoms with van der Waals surface area (Å²) in [5.74, 6) is 0. The van der Waals surface area contributed by atoms with Crippen LogP contribution in [0.15, 0.2) is 18.2 Å². The van der Waals surface area contributed by atoms with Gasteiger partial charge in [-0.25, -0.2) is 0 Å². The lowest BCUT2D eigenvalue weighted by Gasteiger charge is -2.34. The summed E-state index contributed by atoms with van der Waals surface area (Å²) in [5.41, 5.74) is 9.96. The average Bonchev–Trinajstić information content (AvgIpc) is 2.49. The van der Waals surface area contributed by atoms with E-state index in [4.69, 9.17) is 5.73 Å². The number of benzene rings is 1. The number of rotatable bonds is 2. The maximum absolute atomic E-state index is 6.46. The first-order valence-corrected chi connectivity index (χ1v) is 7.74. The van der Waals surface area contributed by atoms with Gasteiger partial charge in [0.25, 0.3) is 0 Å². The number of nitrogen functional groups attached to an aromatic ring is 1. The van der Waals surface area contributed by atoms with Crippen LogP contribution in [0.2, 0.25) is 0 Å². The Morgan fingerprint density at radius 1 is 0.684 bits per heavy atom. The van der Waals surface area contributed by atoms with E-state index in [1.165, 1.54) is 49.9 Å². The standard InChI is InChI=1S/C16H25N3/c17-16-14(18-10-3-1-4-11-18)8-7-9-15(16)19-12-5-2-6-13-19/h7-9H,1-6,10-13,17H2. The minimum Gasteiger partial charge on any atom is -0.395 e. The Bertz CT molecular complexity index is 382. The lowest BCUT2D eigenvalue weighted by Crippen LogP contribution is -2.32. The van der Waals surface area contributed by atoms with Crippen LogP contribution >= 0.6 is 0 Å². The zero-order chi connectivity index (χ0) is 13.1. The molecule has 1 aromatic rings. The summed E-state index contributed by atoms with van der Waals surface area (Å²) in [6.07, 6.45) is 7.92. The molecule has 2 heterocycles. The maximum atomic E-state index is 6.46. The summed E-state index contributed by atoms with van der Waals surface area (Å²) < 4.78 is 0. The molecular formula is C16H25N3. The van der Waals surface area contributed by atoms with Crippen LogP contribution in [-0.4, -0.2) is 26.2 Å². The number of nitrogens with two attached hydrogens (primary N) is 1. The van der Waals surface area contributed by atoms with Gasteiger partial charge in [0.05, 0.1) is 17.1 Å². The third kappa shape index (κ3) is 2.65. The summed E-state index contributed by atoms with van der Waals surface area (Å²) in [6.45, 7) is 4.64. The normalized spacial score (nSPS) is 20.6. The van der Waals surface area contributed by atoms with Gasteiger partial charge in [-0.2, -0.15) is 0 Å². The van der Waals surface area contributed by atoms with Gasteiger partial charge in [-0.3, -0.25) is 0 Å². The predicted octanol–water partition coefficient (Wildman–Crippen LogP) is 3.25. The number of para-hydroxylation sites is 1. The molecule has 0 radical (unpaired) electrons. The molecule has 3 nitrogen and oxygen atoms in total. The van der Waals surface area contributed by atoms with Crippen molar-refractivity contribution in [3.8, 4) is 0 Å². The van der Waals surface area contributed by atoms with Gasteiger partial charge in [0.2, 0.25) is 0 Å². The highest BCUT2D eigenvalue weighted by Crippen LogP contribution is 2.35. The van der Waals surface area contributed by atoms with Crippen LogP contribution in [0, 0.1) is 0 Å². The number of nitrogens with zero attached hydrogens (tertiary/aromatic N) is 2. The Balaban J connectivity index is 1.84. The molecule has 2 aliphatic rings. The second kappa shape index (κ2) is 5.72. The van der Waals surface area contributed by atoms with Crippen LogP contribution in [0.3, 0.4) is 0 Å². The fourth-order valence-electron chi connectivity index (χ4n) is 3.36. The number of hydrogen-bond acceptors (Lipinski definition) is 3. The molecule has 0 saturated carbocycles. The molecule has 2 aliphatic heterocycles. The molecule has 0 unspecified atom stereocenters. The quantitative estimate of drug-likeness (QED) is 0.828. The number of hydrogen-bond donors (Lipinski definition) is 1. The molecule has 1 aromatic carbocycles. The van der Waals surface area contributed by atoms with E-state index >= 15 is 0 Å². The molecule has 2 saturated heterocycles. The summed E-state index contributed by atoms with van der Waals surface area (Å²) in [4.78, 5) is 4.93. The Morgan fingerprint density at radius 3 is 1.53 bits per heavy atom. The van der Waals surface area contributed by atoms with Gasteiger partial charge in [-0.1, -0.05) is 6.07 Å². The van der Waals surface area contributed by atoms with Crippen molar-refractivity contribution in [3.05, 3.63) is 18.2 Å². The van der Waals surface area contributed by atoms with E-state index in [1.807, 2.05) is 0 Å². The lowest BCUT2D eigenvalue weighted by molar-refractivity contribution is 0.574. The van der Waals surface area contributed by atoms with Crippen molar-refractivity contribution in [1.82, 2.24) is 0 Å². The summed E-state index contributed by atoms with van der Waals surface area (Å²) in [5, 5.41) is 0. The molecule has 0 atom stereocenters. The van der Waals surface area contributed by atoms with E-state index in [9.17, 15) is 0 Å². The highest BCUT2D eigenvalue weighted by molar-refractivity contribution is 5.81. The molecule has 0 aromatic heterocycles. The van der Waals surface area contributed by atoms with E-state index < -0.39 is 0 Å². The van der Waals surface area contributed by atoms with Gasteiger partial charge in [-0.15, -0.1) is 0 Å². The highest BCUT2D eigenvalue weighted by Gasteiger charge is 2.18. The molecule has 2 fully saturated rings. The van der Waals surface area contributed by atoms with Gasteiger partial charge in [0, 0.05) is 26.2 Å². The minimum absolute atomic E-state index is 0.992. The Hall–Kier alpha value is -1.38. The van der Waals surface area contributed by atoms with Gasteiger partial charge < -0.3 is 15.5 Å². The van der Waals surface area contributed by atoms with Gasteiger partial charge >= 0.3 is 0 Å². The minimum atomic E-state index is 0.992. The van der Waals surface area contributed by atoms with Gasteiger partial charge in [0.15, 0.2) is 0 Å². The van der Waals surface area contributed by atoms with Crippen LogP contribution in [0.4, 0.5) is 17.1 Å². The SMILES string of the molecule is Nc1c(N2CCCCC2)cccc1N1CCCCC1. The molecular weight excluding hydrogens is 234 g/mol. The van der Waals surface area contributed by atoms with Crippen molar-refractivity contribution < 1.29 is 0 Å².